The van der Waals surface area contributed by atoms with E-state index in [0.29, 0.717) is 12.0 Å². The van der Waals surface area contributed by atoms with Crippen LogP contribution in [0.2, 0.25) is 10.2 Å². The van der Waals surface area contributed by atoms with Gasteiger partial charge in [0.15, 0.2) is 5.15 Å². The minimum absolute atomic E-state index is 0.0218. The van der Waals surface area contributed by atoms with E-state index in [4.69, 9.17) is 23.2 Å². The van der Waals surface area contributed by atoms with Crippen LogP contribution in [0.25, 0.3) is 0 Å². The van der Waals surface area contributed by atoms with Gasteiger partial charge in [-0.1, -0.05) is 41.4 Å². The maximum Gasteiger partial charge on any atom is 0.273 e. The fraction of sp³-hybridized carbons (Fsp3) is 0.167. The van der Waals surface area contributed by atoms with E-state index in [-0.39, 0.29) is 22.4 Å². The summed E-state index contributed by atoms with van der Waals surface area (Å²) < 4.78 is 1.27. The highest BCUT2D eigenvalue weighted by atomic mass is 35.5. The maximum atomic E-state index is 11.8. The first-order valence-corrected chi connectivity index (χ1v) is 6.39. The normalized spacial score (nSPS) is 10.5. The van der Waals surface area contributed by atoms with Gasteiger partial charge in [0.05, 0.1) is 11.3 Å². The number of nitro groups is 1. The Hall–Kier alpha value is -1.92. The summed E-state index contributed by atoms with van der Waals surface area (Å²) in [6.45, 7) is 0.230. The molecule has 0 fully saturated rings. The number of nitrogens with zero attached hydrogens (tertiary/aromatic N) is 3. The lowest BCUT2D eigenvalue weighted by Gasteiger charge is -2.06. The molecular weight excluding hydrogens is 305 g/mol. The van der Waals surface area contributed by atoms with Gasteiger partial charge >= 0.3 is 0 Å². The molecule has 0 atom stereocenters. The molecule has 1 aromatic heterocycles. The molecule has 2 aromatic rings. The van der Waals surface area contributed by atoms with E-state index in [0.717, 1.165) is 0 Å². The van der Waals surface area contributed by atoms with E-state index in [1.807, 2.05) is 0 Å². The molecule has 6 nitrogen and oxygen atoms in total. The summed E-state index contributed by atoms with van der Waals surface area (Å²) in [6.07, 6.45) is 1.59. The molecule has 0 unspecified atom stereocenters. The Morgan fingerprint density at radius 2 is 2.00 bits per heavy atom. The highest BCUT2D eigenvalue weighted by molar-refractivity contribution is 6.40. The first-order chi connectivity index (χ1) is 9.50. The van der Waals surface area contributed by atoms with Gasteiger partial charge in [-0.25, -0.2) is 4.98 Å². The predicted molar refractivity (Wildman–Crippen MR) is 75.3 cm³/mol. The van der Waals surface area contributed by atoms with Crippen LogP contribution in [0.5, 0.6) is 0 Å². The fourth-order valence-corrected chi connectivity index (χ4v) is 2.03. The molecule has 1 aromatic carbocycles. The van der Waals surface area contributed by atoms with Crippen LogP contribution in [0, 0.1) is 10.1 Å². The van der Waals surface area contributed by atoms with Gasteiger partial charge < -0.3 is 0 Å². The third kappa shape index (κ3) is 2.97. The number of hydrogen-bond donors (Lipinski definition) is 0. The Balaban J connectivity index is 2.24. The smallest absolute Gasteiger partial charge is 0.273 e. The van der Waals surface area contributed by atoms with Crippen molar-refractivity contribution in [2.75, 3.05) is 0 Å². The number of benzene rings is 1. The highest BCUT2D eigenvalue weighted by Gasteiger charge is 2.13. The van der Waals surface area contributed by atoms with Crippen molar-refractivity contribution < 1.29 is 4.92 Å². The molecule has 0 amide bonds. The molecule has 104 valence electrons. The Kier molecular flexibility index (Phi) is 4.36. The molecule has 0 bridgehead atoms. The van der Waals surface area contributed by atoms with Crippen molar-refractivity contribution in [3.05, 3.63) is 66.8 Å². The van der Waals surface area contributed by atoms with Gasteiger partial charge in [0.1, 0.15) is 5.02 Å². The predicted octanol–water partition coefficient (Wildman–Crippen LogP) is 2.70. The van der Waals surface area contributed by atoms with E-state index >= 15 is 0 Å². The van der Waals surface area contributed by atoms with E-state index in [9.17, 15) is 14.9 Å². The third-order valence-electron chi connectivity index (χ3n) is 2.75. The molecule has 0 aliphatic rings. The van der Waals surface area contributed by atoms with Gasteiger partial charge in [-0.2, -0.15) is 0 Å². The van der Waals surface area contributed by atoms with Crippen LogP contribution >= 0.6 is 23.2 Å². The molecule has 0 spiro atoms. The zero-order valence-electron chi connectivity index (χ0n) is 10.1. The summed E-state index contributed by atoms with van der Waals surface area (Å²) in [5, 5.41) is 10.7. The quantitative estimate of drug-likeness (QED) is 0.494. The Labute approximate surface area is 123 Å². The van der Waals surface area contributed by atoms with Crippen LogP contribution < -0.4 is 5.56 Å². The van der Waals surface area contributed by atoms with Crippen molar-refractivity contribution in [3.63, 3.8) is 0 Å². The molecule has 0 N–H and O–H groups in total. The SMILES string of the molecule is O=c1c(Cl)c(Cl)ncn1CCc1ccccc1[N+](=O)[O-]. The van der Waals surface area contributed by atoms with Crippen LogP contribution in [-0.4, -0.2) is 14.5 Å². The van der Waals surface area contributed by atoms with E-state index in [1.54, 1.807) is 18.2 Å². The summed E-state index contributed by atoms with van der Waals surface area (Å²) in [5.74, 6) is 0. The standard InChI is InChI=1S/C12H9Cl2N3O3/c13-10-11(14)15-7-16(12(10)18)6-5-8-3-1-2-4-9(8)17(19)20/h1-4,7H,5-6H2. The van der Waals surface area contributed by atoms with Crippen LogP contribution in [0.15, 0.2) is 35.4 Å². The maximum absolute atomic E-state index is 11.8. The molecule has 20 heavy (non-hydrogen) atoms. The van der Waals surface area contributed by atoms with Crippen molar-refractivity contribution >= 4 is 28.9 Å². The van der Waals surface area contributed by atoms with E-state index in [2.05, 4.69) is 4.98 Å². The molecule has 0 radical (unpaired) electrons. The van der Waals surface area contributed by atoms with Crippen molar-refractivity contribution in [3.8, 4) is 0 Å². The van der Waals surface area contributed by atoms with E-state index in [1.165, 1.54) is 17.0 Å². The second-order valence-corrected chi connectivity index (χ2v) is 4.72. The van der Waals surface area contributed by atoms with Crippen molar-refractivity contribution in [2.24, 2.45) is 0 Å². The molecule has 0 aliphatic heterocycles. The number of halogens is 2. The molecular formula is C12H9Cl2N3O3. The summed E-state index contributed by atoms with van der Waals surface area (Å²) >= 11 is 11.3. The topological polar surface area (TPSA) is 78.0 Å². The minimum atomic E-state index is -0.467. The monoisotopic (exact) mass is 313 g/mol. The second-order valence-electron chi connectivity index (χ2n) is 3.98. The van der Waals surface area contributed by atoms with Gasteiger partial charge in [0.25, 0.3) is 11.2 Å². The number of aryl methyl sites for hydroxylation is 2. The van der Waals surface area contributed by atoms with Gasteiger partial charge in [-0.15, -0.1) is 0 Å². The Bertz CT molecular complexity index is 715. The lowest BCUT2D eigenvalue weighted by molar-refractivity contribution is -0.385. The average molecular weight is 314 g/mol. The van der Waals surface area contributed by atoms with Crippen LogP contribution in [0.4, 0.5) is 5.69 Å². The minimum Gasteiger partial charge on any atom is -0.298 e. The number of rotatable bonds is 4. The van der Waals surface area contributed by atoms with Crippen molar-refractivity contribution in [1.82, 2.24) is 9.55 Å². The second kappa shape index (κ2) is 6.02. The molecule has 2 rings (SSSR count). The number of nitro benzene ring substituents is 1. The fourth-order valence-electron chi connectivity index (χ4n) is 1.74. The molecule has 0 saturated carbocycles. The van der Waals surface area contributed by atoms with Crippen LogP contribution in [-0.2, 0) is 13.0 Å². The van der Waals surface area contributed by atoms with E-state index < -0.39 is 10.5 Å². The molecule has 1 heterocycles. The number of aromatic nitrogens is 2. The summed E-state index contributed by atoms with van der Waals surface area (Å²) in [5.41, 5.74) is 0.0919. The van der Waals surface area contributed by atoms with Crippen molar-refractivity contribution in [1.29, 1.82) is 0 Å². The molecule has 0 aliphatic carbocycles. The van der Waals surface area contributed by atoms with Crippen molar-refractivity contribution in [2.45, 2.75) is 13.0 Å². The largest absolute Gasteiger partial charge is 0.298 e. The first-order valence-electron chi connectivity index (χ1n) is 5.63. The lowest BCUT2D eigenvalue weighted by atomic mass is 10.1. The first kappa shape index (κ1) is 14.5. The Morgan fingerprint density at radius 3 is 2.70 bits per heavy atom. The van der Waals surface area contributed by atoms with Crippen LogP contribution in [0.1, 0.15) is 5.56 Å². The summed E-state index contributed by atoms with van der Waals surface area (Å²) in [4.78, 5) is 26.0. The van der Waals surface area contributed by atoms with Gasteiger partial charge in [0, 0.05) is 18.2 Å². The lowest BCUT2D eigenvalue weighted by Crippen LogP contribution is -2.22. The van der Waals surface area contributed by atoms with Gasteiger partial charge in [-0.05, 0) is 6.42 Å². The van der Waals surface area contributed by atoms with Gasteiger partial charge in [0.2, 0.25) is 0 Å². The summed E-state index contributed by atoms with van der Waals surface area (Å²) in [6, 6.07) is 6.37. The van der Waals surface area contributed by atoms with Gasteiger partial charge in [-0.3, -0.25) is 19.5 Å². The molecule has 0 saturated heterocycles. The average Bonchev–Trinajstić information content (AvgIpc) is 2.44. The highest BCUT2D eigenvalue weighted by Crippen LogP contribution is 2.18. The number of para-hydroxylation sites is 1. The number of hydrogen-bond acceptors (Lipinski definition) is 4. The Morgan fingerprint density at radius 1 is 1.30 bits per heavy atom. The molecule has 8 heteroatoms. The zero-order chi connectivity index (χ0) is 14.7. The zero-order valence-corrected chi connectivity index (χ0v) is 11.6. The van der Waals surface area contributed by atoms with Crippen LogP contribution in [0.3, 0.4) is 0 Å². The third-order valence-corrected chi connectivity index (χ3v) is 3.47. The summed E-state index contributed by atoms with van der Waals surface area (Å²) in [7, 11) is 0.